The average Bonchev–Trinajstić information content (AvgIpc) is 3.08. The van der Waals surface area contributed by atoms with Crippen molar-refractivity contribution in [1.82, 2.24) is 0 Å². The van der Waals surface area contributed by atoms with Crippen molar-refractivity contribution in [3.8, 4) is 0 Å². The molecule has 2 rings (SSSR count). The number of nitrogens with zero attached hydrogens (tertiary/aromatic N) is 1. The molecule has 0 aliphatic carbocycles. The Morgan fingerprint density at radius 3 is 2.04 bits per heavy atom. The van der Waals surface area contributed by atoms with Crippen LogP contribution in [0.3, 0.4) is 0 Å². The predicted octanol–water partition coefficient (Wildman–Crippen LogP) is 6.82. The van der Waals surface area contributed by atoms with Gasteiger partial charge in [-0.15, -0.1) is 0 Å². The molecule has 3 nitrogen and oxygen atoms in total. The Balaban J connectivity index is 1.59. The monoisotopic (exact) mass is 371 g/mol. The summed E-state index contributed by atoms with van der Waals surface area (Å²) in [5.74, 6) is 0.135. The van der Waals surface area contributed by atoms with Crippen LogP contribution >= 0.6 is 0 Å². The molecule has 1 aliphatic heterocycles. The first kappa shape index (κ1) is 21.7. The first-order valence-electron chi connectivity index (χ1n) is 11.1. The van der Waals surface area contributed by atoms with E-state index in [0.29, 0.717) is 12.1 Å². The normalized spacial score (nSPS) is 19.0. The van der Waals surface area contributed by atoms with Gasteiger partial charge in [0.25, 0.3) is 0 Å². The maximum atomic E-state index is 12.6. The van der Waals surface area contributed by atoms with E-state index in [1.165, 1.54) is 57.8 Å². The minimum absolute atomic E-state index is 0.0218. The van der Waals surface area contributed by atoms with Crippen molar-refractivity contribution in [1.29, 1.82) is 0 Å². The van der Waals surface area contributed by atoms with Crippen molar-refractivity contribution in [3.05, 3.63) is 35.9 Å². The molecule has 0 spiro atoms. The number of oxime groups is 1. The number of ketones is 1. The summed E-state index contributed by atoms with van der Waals surface area (Å²) in [5.41, 5.74) is 1.73. The van der Waals surface area contributed by atoms with Gasteiger partial charge in [-0.05, 0) is 18.9 Å². The molecule has 0 saturated carbocycles. The molecule has 1 aliphatic rings. The molecule has 0 fully saturated rings. The van der Waals surface area contributed by atoms with Gasteiger partial charge in [0.2, 0.25) is 0 Å². The highest BCUT2D eigenvalue weighted by atomic mass is 16.6. The van der Waals surface area contributed by atoms with Gasteiger partial charge in [0.15, 0.2) is 5.78 Å². The Bertz CT molecular complexity index is 567. The van der Waals surface area contributed by atoms with Gasteiger partial charge in [-0.1, -0.05) is 107 Å². The van der Waals surface area contributed by atoms with Gasteiger partial charge in [0, 0.05) is 6.42 Å². The zero-order chi connectivity index (χ0) is 19.3. The smallest absolute Gasteiger partial charge is 0.181 e. The molecule has 2 atom stereocenters. The fraction of sp³-hybridized carbons (Fsp3) is 0.667. The number of Topliss-reactive ketones (excluding diaryl/α,β-unsaturated/α-hetero) is 1. The van der Waals surface area contributed by atoms with E-state index in [9.17, 15) is 4.79 Å². The molecule has 3 heteroatoms. The largest absolute Gasteiger partial charge is 0.391 e. The van der Waals surface area contributed by atoms with Gasteiger partial charge in [-0.3, -0.25) is 4.79 Å². The van der Waals surface area contributed by atoms with Gasteiger partial charge in [-0.25, -0.2) is 0 Å². The summed E-state index contributed by atoms with van der Waals surface area (Å²) in [7, 11) is 0. The van der Waals surface area contributed by atoms with Gasteiger partial charge in [0.1, 0.15) is 11.8 Å². The summed E-state index contributed by atoms with van der Waals surface area (Å²) in [5, 5.41) is 4.11. The molecular formula is C24H37NO2. The summed E-state index contributed by atoms with van der Waals surface area (Å²) >= 11 is 0. The highest BCUT2D eigenvalue weighted by Crippen LogP contribution is 2.30. The third-order valence-electron chi connectivity index (χ3n) is 5.53. The summed E-state index contributed by atoms with van der Waals surface area (Å²) in [6.45, 7) is 4.25. The Kier molecular flexibility index (Phi) is 10.2. The Morgan fingerprint density at radius 1 is 0.889 bits per heavy atom. The highest BCUT2D eigenvalue weighted by Gasteiger charge is 2.35. The quantitative estimate of drug-likeness (QED) is 0.337. The minimum Gasteiger partial charge on any atom is -0.391 e. The van der Waals surface area contributed by atoms with Crippen molar-refractivity contribution in [2.45, 2.75) is 103 Å². The van der Waals surface area contributed by atoms with Crippen LogP contribution in [0.5, 0.6) is 0 Å². The SMILES string of the molecule is CCCCCCCCCCCCCC(=O)C1=NOC(C)C1c1ccccc1. The van der Waals surface area contributed by atoms with Crippen molar-refractivity contribution in [2.24, 2.45) is 5.16 Å². The number of rotatable bonds is 14. The third kappa shape index (κ3) is 7.48. The molecule has 0 aromatic heterocycles. The van der Waals surface area contributed by atoms with Crippen LogP contribution < -0.4 is 0 Å². The van der Waals surface area contributed by atoms with Crippen LogP contribution in [0.25, 0.3) is 0 Å². The van der Waals surface area contributed by atoms with Gasteiger partial charge < -0.3 is 4.84 Å². The topological polar surface area (TPSA) is 38.7 Å². The summed E-state index contributed by atoms with van der Waals surface area (Å²) in [6, 6.07) is 10.1. The van der Waals surface area contributed by atoms with Crippen LogP contribution in [0.15, 0.2) is 35.5 Å². The van der Waals surface area contributed by atoms with Crippen LogP contribution in [0, 0.1) is 0 Å². The molecule has 0 N–H and O–H groups in total. The molecule has 1 heterocycles. The zero-order valence-corrected chi connectivity index (χ0v) is 17.3. The first-order chi connectivity index (χ1) is 13.2. The van der Waals surface area contributed by atoms with Crippen molar-refractivity contribution in [2.75, 3.05) is 0 Å². The second kappa shape index (κ2) is 12.7. The minimum atomic E-state index is -0.0660. The fourth-order valence-corrected chi connectivity index (χ4v) is 3.87. The summed E-state index contributed by atoms with van der Waals surface area (Å²) in [6.07, 6.45) is 14.8. The second-order valence-electron chi connectivity index (χ2n) is 7.88. The molecule has 0 bridgehead atoms. The van der Waals surface area contributed by atoms with E-state index in [0.717, 1.165) is 18.4 Å². The second-order valence-corrected chi connectivity index (χ2v) is 7.88. The lowest BCUT2D eigenvalue weighted by atomic mass is 9.87. The molecule has 0 saturated heterocycles. The lowest BCUT2D eigenvalue weighted by molar-refractivity contribution is -0.113. The van der Waals surface area contributed by atoms with Crippen molar-refractivity contribution >= 4 is 11.5 Å². The molecule has 0 amide bonds. The lowest BCUT2D eigenvalue weighted by Gasteiger charge is -2.15. The van der Waals surface area contributed by atoms with Gasteiger partial charge in [-0.2, -0.15) is 0 Å². The number of benzene rings is 1. The van der Waals surface area contributed by atoms with Crippen LogP contribution in [0.4, 0.5) is 0 Å². The molecule has 0 radical (unpaired) electrons. The maximum absolute atomic E-state index is 12.6. The third-order valence-corrected chi connectivity index (χ3v) is 5.53. The van der Waals surface area contributed by atoms with Crippen molar-refractivity contribution < 1.29 is 9.63 Å². The molecule has 27 heavy (non-hydrogen) atoms. The van der Waals surface area contributed by atoms with Crippen LogP contribution in [0.2, 0.25) is 0 Å². The van der Waals surface area contributed by atoms with E-state index in [1.54, 1.807) is 0 Å². The number of carbonyl (C=O) groups excluding carboxylic acids is 1. The van der Waals surface area contributed by atoms with E-state index < -0.39 is 0 Å². The summed E-state index contributed by atoms with van der Waals surface area (Å²) in [4.78, 5) is 18.1. The van der Waals surface area contributed by atoms with Gasteiger partial charge >= 0.3 is 0 Å². The summed E-state index contributed by atoms with van der Waals surface area (Å²) < 4.78 is 0. The van der Waals surface area contributed by atoms with Crippen LogP contribution in [0.1, 0.15) is 102 Å². The first-order valence-corrected chi connectivity index (χ1v) is 11.1. The van der Waals surface area contributed by atoms with Gasteiger partial charge in [0.05, 0.1) is 5.92 Å². The number of carbonyl (C=O) groups is 1. The molecule has 1 aromatic carbocycles. The van der Waals surface area contributed by atoms with Crippen LogP contribution in [-0.2, 0) is 9.63 Å². The average molecular weight is 372 g/mol. The molecule has 1 aromatic rings. The van der Waals surface area contributed by atoms with E-state index in [1.807, 2.05) is 25.1 Å². The predicted molar refractivity (Wildman–Crippen MR) is 113 cm³/mol. The number of hydrogen-bond donors (Lipinski definition) is 0. The number of hydrogen-bond acceptors (Lipinski definition) is 3. The molecular weight excluding hydrogens is 334 g/mol. The maximum Gasteiger partial charge on any atom is 0.181 e. The Hall–Kier alpha value is -1.64. The Labute approximate surface area is 165 Å². The standard InChI is InChI=1S/C24H37NO2/c1-3-4-5-6-7-8-9-10-11-12-16-19-22(26)24-23(20(2)27-25-24)21-17-14-13-15-18-21/h13-15,17-18,20,23H,3-12,16,19H2,1-2H3. The Morgan fingerprint density at radius 2 is 1.44 bits per heavy atom. The van der Waals surface area contributed by atoms with E-state index >= 15 is 0 Å². The highest BCUT2D eigenvalue weighted by molar-refractivity contribution is 6.42. The fourth-order valence-electron chi connectivity index (χ4n) is 3.87. The van der Waals surface area contributed by atoms with E-state index in [-0.39, 0.29) is 17.8 Å². The zero-order valence-electron chi connectivity index (χ0n) is 17.3. The van der Waals surface area contributed by atoms with E-state index in [2.05, 4.69) is 24.2 Å². The van der Waals surface area contributed by atoms with E-state index in [4.69, 9.17) is 4.84 Å². The molecule has 150 valence electrons. The van der Waals surface area contributed by atoms with Crippen LogP contribution in [-0.4, -0.2) is 17.6 Å². The lowest BCUT2D eigenvalue weighted by Crippen LogP contribution is -2.24. The van der Waals surface area contributed by atoms with Crippen molar-refractivity contribution in [3.63, 3.8) is 0 Å². The molecule has 2 unspecified atom stereocenters. The number of unbranched alkanes of at least 4 members (excludes halogenated alkanes) is 10.